The molecule has 4 aromatic rings. The molecule has 0 spiro atoms. The summed E-state index contributed by atoms with van der Waals surface area (Å²) in [5.41, 5.74) is 1.79. The first kappa shape index (κ1) is 14.2. The number of nitrogens with one attached hydrogen (secondary N) is 1. The predicted molar refractivity (Wildman–Crippen MR) is 93.6 cm³/mol. The molecule has 2 aromatic heterocycles. The summed E-state index contributed by atoms with van der Waals surface area (Å²) in [6.07, 6.45) is 1.95. The normalized spacial score (nSPS) is 17.0. The van der Waals surface area contributed by atoms with E-state index in [0.29, 0.717) is 5.65 Å². The number of rotatable bonds is 2. The number of fused-ring (bicyclic) bond motifs is 4. The van der Waals surface area contributed by atoms with Crippen LogP contribution in [0.1, 0.15) is 24.4 Å². The minimum absolute atomic E-state index is 0.128. The standard InChI is InChI=1S/C18H16N6O/c1-2-5-13-12(4-1)7-8-14-15(6-3-11-25-18(13)14)19-16-9-10-17-20-22-23-24(17)21-16/h1-2,4-5,7-10,15H,3,6,11H2,(H,19,21)/t15-/m0/s1. The summed E-state index contributed by atoms with van der Waals surface area (Å²) in [6, 6.07) is 16.5. The Morgan fingerprint density at radius 1 is 1.08 bits per heavy atom. The summed E-state index contributed by atoms with van der Waals surface area (Å²) in [5, 5.41) is 21.6. The highest BCUT2D eigenvalue weighted by molar-refractivity contribution is 5.90. The van der Waals surface area contributed by atoms with Crippen molar-refractivity contribution in [2.24, 2.45) is 0 Å². The van der Waals surface area contributed by atoms with Gasteiger partial charge in [0.05, 0.1) is 12.6 Å². The molecule has 5 rings (SSSR count). The molecule has 1 atom stereocenters. The minimum atomic E-state index is 0.128. The maximum absolute atomic E-state index is 6.09. The van der Waals surface area contributed by atoms with E-state index in [9.17, 15) is 0 Å². The lowest BCUT2D eigenvalue weighted by molar-refractivity contribution is 0.320. The van der Waals surface area contributed by atoms with Gasteiger partial charge in [0.25, 0.3) is 0 Å². The van der Waals surface area contributed by atoms with Crippen molar-refractivity contribution in [2.75, 3.05) is 11.9 Å². The van der Waals surface area contributed by atoms with E-state index in [1.165, 1.54) is 10.0 Å². The first-order valence-electron chi connectivity index (χ1n) is 8.35. The molecular weight excluding hydrogens is 316 g/mol. The van der Waals surface area contributed by atoms with Gasteiger partial charge in [0.1, 0.15) is 11.6 Å². The van der Waals surface area contributed by atoms with E-state index >= 15 is 0 Å². The molecule has 7 nitrogen and oxygen atoms in total. The third-order valence-corrected chi connectivity index (χ3v) is 4.56. The lowest BCUT2D eigenvalue weighted by atomic mass is 9.98. The van der Waals surface area contributed by atoms with Crippen LogP contribution in [0.2, 0.25) is 0 Å². The molecule has 1 N–H and O–H groups in total. The minimum Gasteiger partial charge on any atom is -0.493 e. The van der Waals surface area contributed by atoms with Crippen LogP contribution >= 0.6 is 0 Å². The van der Waals surface area contributed by atoms with Crippen LogP contribution < -0.4 is 10.1 Å². The van der Waals surface area contributed by atoms with Gasteiger partial charge < -0.3 is 10.1 Å². The van der Waals surface area contributed by atoms with Gasteiger partial charge in [-0.3, -0.25) is 0 Å². The molecule has 0 aliphatic carbocycles. The molecular formula is C18H16N6O. The molecule has 25 heavy (non-hydrogen) atoms. The zero-order valence-electron chi connectivity index (χ0n) is 13.5. The van der Waals surface area contributed by atoms with Crippen LogP contribution in [-0.2, 0) is 0 Å². The number of tetrazole rings is 1. The van der Waals surface area contributed by atoms with Crippen LogP contribution in [0.25, 0.3) is 16.4 Å². The Morgan fingerprint density at radius 3 is 3.04 bits per heavy atom. The second-order valence-corrected chi connectivity index (χ2v) is 6.14. The largest absolute Gasteiger partial charge is 0.493 e. The fraction of sp³-hybridized carbons (Fsp3) is 0.222. The maximum atomic E-state index is 6.09. The van der Waals surface area contributed by atoms with Gasteiger partial charge in [-0.2, -0.15) is 0 Å². The van der Waals surface area contributed by atoms with Crippen molar-refractivity contribution in [1.29, 1.82) is 0 Å². The highest BCUT2D eigenvalue weighted by Gasteiger charge is 2.22. The number of ether oxygens (including phenoxy) is 1. The average molecular weight is 332 g/mol. The van der Waals surface area contributed by atoms with Gasteiger partial charge >= 0.3 is 0 Å². The third kappa shape index (κ3) is 2.44. The summed E-state index contributed by atoms with van der Waals surface area (Å²) >= 11 is 0. The Morgan fingerprint density at radius 2 is 2.04 bits per heavy atom. The highest BCUT2D eigenvalue weighted by atomic mass is 16.5. The summed E-state index contributed by atoms with van der Waals surface area (Å²) in [7, 11) is 0. The Hall–Kier alpha value is -3.22. The molecule has 0 radical (unpaired) electrons. The lowest BCUT2D eigenvalue weighted by Gasteiger charge is -2.20. The van der Waals surface area contributed by atoms with E-state index in [2.05, 4.69) is 50.2 Å². The molecule has 1 aliphatic heterocycles. The number of hydrogen-bond acceptors (Lipinski definition) is 6. The topological polar surface area (TPSA) is 77.2 Å². The summed E-state index contributed by atoms with van der Waals surface area (Å²) < 4.78 is 7.52. The number of aromatic nitrogens is 5. The third-order valence-electron chi connectivity index (χ3n) is 4.56. The van der Waals surface area contributed by atoms with Crippen LogP contribution in [0.3, 0.4) is 0 Å². The lowest BCUT2D eigenvalue weighted by Crippen LogP contribution is -2.12. The molecule has 2 aromatic carbocycles. The number of hydrogen-bond donors (Lipinski definition) is 1. The molecule has 7 heteroatoms. The molecule has 0 bridgehead atoms. The Bertz CT molecular complexity index is 1060. The predicted octanol–water partition coefficient (Wildman–Crippen LogP) is 3.00. The SMILES string of the molecule is c1ccc2c3c(ccc2c1)[C@@H](Nc1ccc2nnnn2n1)CCCO3. The number of nitrogens with zero attached hydrogens (tertiary/aromatic N) is 5. The van der Waals surface area contributed by atoms with Gasteiger partial charge in [-0.25, -0.2) is 0 Å². The van der Waals surface area contributed by atoms with E-state index in [4.69, 9.17) is 4.74 Å². The Balaban J connectivity index is 1.56. The second kappa shape index (κ2) is 5.70. The Labute approximate surface area is 143 Å². The fourth-order valence-electron chi connectivity index (χ4n) is 3.37. The maximum Gasteiger partial charge on any atom is 0.200 e. The van der Waals surface area contributed by atoms with Gasteiger partial charge in [-0.1, -0.05) is 36.4 Å². The summed E-state index contributed by atoms with van der Waals surface area (Å²) in [6.45, 7) is 0.721. The molecule has 0 saturated heterocycles. The smallest absolute Gasteiger partial charge is 0.200 e. The quantitative estimate of drug-likeness (QED) is 0.608. The van der Waals surface area contributed by atoms with Gasteiger partial charge in [0.15, 0.2) is 5.65 Å². The zero-order valence-corrected chi connectivity index (χ0v) is 13.5. The van der Waals surface area contributed by atoms with Crippen molar-refractivity contribution in [1.82, 2.24) is 25.3 Å². The monoisotopic (exact) mass is 332 g/mol. The van der Waals surface area contributed by atoms with Crippen LogP contribution in [-0.4, -0.2) is 31.9 Å². The molecule has 0 fully saturated rings. The number of anilines is 1. The van der Waals surface area contributed by atoms with Crippen molar-refractivity contribution >= 4 is 22.2 Å². The number of benzene rings is 2. The van der Waals surface area contributed by atoms with E-state index in [-0.39, 0.29) is 6.04 Å². The molecule has 124 valence electrons. The van der Waals surface area contributed by atoms with Crippen LogP contribution in [0.4, 0.5) is 5.82 Å². The molecule has 0 unspecified atom stereocenters. The van der Waals surface area contributed by atoms with Gasteiger partial charge in [0, 0.05) is 10.9 Å². The Kier molecular flexibility index (Phi) is 3.22. The second-order valence-electron chi connectivity index (χ2n) is 6.14. The fourth-order valence-corrected chi connectivity index (χ4v) is 3.37. The molecule has 3 heterocycles. The van der Waals surface area contributed by atoms with Crippen LogP contribution in [0.5, 0.6) is 5.75 Å². The summed E-state index contributed by atoms with van der Waals surface area (Å²) in [5.74, 6) is 1.71. The van der Waals surface area contributed by atoms with E-state index in [0.717, 1.165) is 42.0 Å². The molecule has 0 saturated carbocycles. The van der Waals surface area contributed by atoms with Crippen LogP contribution in [0, 0.1) is 0 Å². The van der Waals surface area contributed by atoms with Crippen molar-refractivity contribution in [3.63, 3.8) is 0 Å². The first-order chi connectivity index (χ1) is 12.4. The van der Waals surface area contributed by atoms with Gasteiger partial charge in [-0.15, -0.1) is 14.8 Å². The van der Waals surface area contributed by atoms with Crippen LogP contribution in [0.15, 0.2) is 48.5 Å². The van der Waals surface area contributed by atoms with E-state index in [1.54, 1.807) is 0 Å². The first-order valence-corrected chi connectivity index (χ1v) is 8.35. The molecule has 0 amide bonds. The molecule has 1 aliphatic rings. The van der Waals surface area contributed by atoms with Gasteiger partial charge in [0.2, 0.25) is 0 Å². The average Bonchev–Trinajstić information content (AvgIpc) is 3.02. The highest BCUT2D eigenvalue weighted by Crippen LogP contribution is 2.38. The van der Waals surface area contributed by atoms with Crippen molar-refractivity contribution in [2.45, 2.75) is 18.9 Å². The van der Waals surface area contributed by atoms with Gasteiger partial charge in [-0.05, 0) is 40.8 Å². The van der Waals surface area contributed by atoms with E-state index in [1.807, 2.05) is 24.3 Å². The van der Waals surface area contributed by atoms with Crippen molar-refractivity contribution in [3.05, 3.63) is 54.1 Å². The van der Waals surface area contributed by atoms with E-state index < -0.39 is 0 Å². The van der Waals surface area contributed by atoms with Crippen molar-refractivity contribution < 1.29 is 4.74 Å². The summed E-state index contributed by atoms with van der Waals surface area (Å²) in [4.78, 5) is 0. The van der Waals surface area contributed by atoms with Crippen molar-refractivity contribution in [3.8, 4) is 5.75 Å². The zero-order chi connectivity index (χ0) is 16.6.